The molecule has 0 aromatic carbocycles. The number of hydrogen-bond acceptors (Lipinski definition) is 4. The second-order valence-corrected chi connectivity index (χ2v) is 4.39. The van der Waals surface area contributed by atoms with Crippen molar-refractivity contribution >= 4 is 17.7 Å². The van der Waals surface area contributed by atoms with Crippen molar-refractivity contribution in [3.8, 4) is 0 Å². The summed E-state index contributed by atoms with van der Waals surface area (Å²) < 4.78 is 1.84. The Labute approximate surface area is 106 Å². The molecule has 0 amide bonds. The van der Waals surface area contributed by atoms with Gasteiger partial charge in [0.2, 0.25) is 0 Å². The summed E-state index contributed by atoms with van der Waals surface area (Å²) in [6.45, 7) is 0.844. The van der Waals surface area contributed by atoms with Crippen LogP contribution in [0.25, 0.3) is 0 Å². The zero-order chi connectivity index (χ0) is 12.5. The highest BCUT2D eigenvalue weighted by Crippen LogP contribution is 2.24. The molecular weight excluding hydrogens is 226 g/mol. The van der Waals surface area contributed by atoms with Gasteiger partial charge in [0, 0.05) is 44.9 Å². The van der Waals surface area contributed by atoms with E-state index in [9.17, 15) is 0 Å². The minimum Gasteiger partial charge on any atom is -0.328 e. The van der Waals surface area contributed by atoms with Crippen LogP contribution in [0.2, 0.25) is 0 Å². The van der Waals surface area contributed by atoms with Gasteiger partial charge in [-0.2, -0.15) is 5.10 Å². The van der Waals surface area contributed by atoms with Gasteiger partial charge >= 0.3 is 0 Å². The highest BCUT2D eigenvalue weighted by Gasteiger charge is 2.12. The van der Waals surface area contributed by atoms with Crippen molar-refractivity contribution in [2.75, 3.05) is 18.5 Å². The molecule has 0 bridgehead atoms. The van der Waals surface area contributed by atoms with Crippen LogP contribution < -0.4 is 4.90 Å². The van der Waals surface area contributed by atoms with Crippen molar-refractivity contribution in [3.05, 3.63) is 35.8 Å². The van der Waals surface area contributed by atoms with E-state index in [0.29, 0.717) is 0 Å². The molecule has 5 nitrogen and oxygen atoms in total. The molecule has 0 unspecified atom stereocenters. The Morgan fingerprint density at radius 2 is 2.28 bits per heavy atom. The number of pyridine rings is 1. The van der Waals surface area contributed by atoms with E-state index < -0.39 is 0 Å². The van der Waals surface area contributed by atoms with Crippen molar-refractivity contribution in [1.82, 2.24) is 14.8 Å². The maximum Gasteiger partial charge on any atom is 0.130 e. The maximum absolute atomic E-state index is 4.52. The summed E-state index contributed by atoms with van der Waals surface area (Å²) in [6, 6.07) is 4.10. The van der Waals surface area contributed by atoms with Crippen LogP contribution in [0.3, 0.4) is 0 Å². The van der Waals surface area contributed by atoms with Crippen LogP contribution in [0.15, 0.2) is 29.5 Å². The number of anilines is 2. The summed E-state index contributed by atoms with van der Waals surface area (Å²) in [7, 11) is 3.94. The summed E-state index contributed by atoms with van der Waals surface area (Å²) in [6.07, 6.45) is 6.54. The van der Waals surface area contributed by atoms with E-state index in [1.54, 1.807) is 6.20 Å². The molecule has 0 aliphatic carbocycles. The molecule has 1 aliphatic rings. The molecule has 0 saturated heterocycles. The van der Waals surface area contributed by atoms with Gasteiger partial charge in [0.15, 0.2) is 0 Å². The van der Waals surface area contributed by atoms with Crippen LogP contribution in [0, 0.1) is 0 Å². The van der Waals surface area contributed by atoms with Gasteiger partial charge in [0.25, 0.3) is 0 Å². The number of aryl methyl sites for hydroxylation is 1. The molecule has 2 aromatic rings. The molecule has 0 radical (unpaired) electrons. The molecule has 0 saturated carbocycles. The zero-order valence-electron chi connectivity index (χ0n) is 10.5. The van der Waals surface area contributed by atoms with Gasteiger partial charge in [-0.25, -0.2) is 0 Å². The first-order valence-corrected chi connectivity index (χ1v) is 5.96. The SMILES string of the molecule is CN(c1cnc2c(c1)C=NCC2)c1ccnn1C. The summed E-state index contributed by atoms with van der Waals surface area (Å²) in [5.74, 6) is 1.03. The Bertz CT molecular complexity index is 599. The van der Waals surface area contributed by atoms with Gasteiger partial charge in [0.1, 0.15) is 5.82 Å². The highest BCUT2D eigenvalue weighted by atomic mass is 15.3. The molecule has 3 heterocycles. The lowest BCUT2D eigenvalue weighted by atomic mass is 10.1. The first kappa shape index (κ1) is 11.0. The molecule has 0 fully saturated rings. The summed E-state index contributed by atoms with van der Waals surface area (Å²) in [4.78, 5) is 10.9. The van der Waals surface area contributed by atoms with E-state index in [0.717, 1.165) is 35.7 Å². The predicted molar refractivity (Wildman–Crippen MR) is 71.7 cm³/mol. The van der Waals surface area contributed by atoms with Crippen molar-refractivity contribution in [2.45, 2.75) is 6.42 Å². The third-order valence-electron chi connectivity index (χ3n) is 3.22. The lowest BCUT2D eigenvalue weighted by Gasteiger charge is -2.20. The third kappa shape index (κ3) is 1.77. The predicted octanol–water partition coefficient (Wildman–Crippen LogP) is 1.56. The molecule has 5 heteroatoms. The van der Waals surface area contributed by atoms with Crippen molar-refractivity contribution < 1.29 is 0 Å². The summed E-state index contributed by atoms with van der Waals surface area (Å²) in [5.41, 5.74) is 3.30. The second-order valence-electron chi connectivity index (χ2n) is 4.39. The molecule has 92 valence electrons. The van der Waals surface area contributed by atoms with E-state index in [-0.39, 0.29) is 0 Å². The third-order valence-corrected chi connectivity index (χ3v) is 3.22. The van der Waals surface area contributed by atoms with Crippen LogP contribution in [-0.2, 0) is 13.5 Å². The number of hydrogen-bond donors (Lipinski definition) is 0. The van der Waals surface area contributed by atoms with Gasteiger partial charge < -0.3 is 4.90 Å². The number of rotatable bonds is 2. The Morgan fingerprint density at radius 3 is 3.06 bits per heavy atom. The fourth-order valence-electron chi connectivity index (χ4n) is 2.16. The average molecular weight is 241 g/mol. The lowest BCUT2D eigenvalue weighted by Crippen LogP contribution is -2.15. The van der Waals surface area contributed by atoms with Crippen LogP contribution in [0.4, 0.5) is 11.5 Å². The maximum atomic E-state index is 4.52. The fraction of sp³-hybridized carbons (Fsp3) is 0.308. The normalized spacial score (nSPS) is 13.4. The smallest absolute Gasteiger partial charge is 0.130 e. The number of fused-ring (bicyclic) bond motifs is 1. The first-order valence-electron chi connectivity index (χ1n) is 5.96. The van der Waals surface area contributed by atoms with Crippen molar-refractivity contribution in [1.29, 1.82) is 0 Å². The second kappa shape index (κ2) is 4.25. The highest BCUT2D eigenvalue weighted by molar-refractivity contribution is 5.84. The number of aliphatic imine (C=N–C) groups is 1. The minimum atomic E-state index is 0.844. The number of aromatic nitrogens is 3. The van der Waals surface area contributed by atoms with Crippen LogP contribution in [0.5, 0.6) is 0 Å². The topological polar surface area (TPSA) is 46.3 Å². The minimum absolute atomic E-state index is 0.844. The fourth-order valence-corrected chi connectivity index (χ4v) is 2.16. The van der Waals surface area contributed by atoms with E-state index in [2.05, 4.69) is 26.0 Å². The lowest BCUT2D eigenvalue weighted by molar-refractivity contribution is 0.760. The molecule has 0 spiro atoms. The molecular formula is C13H15N5. The Morgan fingerprint density at radius 1 is 1.39 bits per heavy atom. The molecule has 3 rings (SSSR count). The monoisotopic (exact) mass is 241 g/mol. The van der Waals surface area contributed by atoms with Crippen molar-refractivity contribution in [3.63, 3.8) is 0 Å². The Kier molecular flexibility index (Phi) is 2.59. The Hall–Kier alpha value is -2.17. The molecule has 1 aliphatic heterocycles. The summed E-state index contributed by atoms with van der Waals surface area (Å²) in [5, 5.41) is 4.18. The van der Waals surface area contributed by atoms with E-state index in [1.807, 2.05) is 37.3 Å². The zero-order valence-corrected chi connectivity index (χ0v) is 10.5. The quantitative estimate of drug-likeness (QED) is 0.801. The van der Waals surface area contributed by atoms with E-state index in [4.69, 9.17) is 0 Å². The van der Waals surface area contributed by atoms with E-state index >= 15 is 0 Å². The molecule has 2 aromatic heterocycles. The van der Waals surface area contributed by atoms with Crippen LogP contribution >= 0.6 is 0 Å². The molecule has 0 N–H and O–H groups in total. The Balaban J connectivity index is 1.98. The van der Waals surface area contributed by atoms with Crippen molar-refractivity contribution in [2.24, 2.45) is 12.0 Å². The van der Waals surface area contributed by atoms with Gasteiger partial charge in [-0.15, -0.1) is 0 Å². The summed E-state index contributed by atoms with van der Waals surface area (Å²) >= 11 is 0. The van der Waals surface area contributed by atoms with Gasteiger partial charge in [-0.1, -0.05) is 0 Å². The van der Waals surface area contributed by atoms with Gasteiger partial charge in [-0.05, 0) is 6.07 Å². The average Bonchev–Trinajstić information content (AvgIpc) is 2.83. The molecule has 0 atom stereocenters. The first-order chi connectivity index (χ1) is 8.75. The van der Waals surface area contributed by atoms with Gasteiger partial charge in [0.05, 0.1) is 23.8 Å². The van der Waals surface area contributed by atoms with Crippen LogP contribution in [-0.4, -0.2) is 34.6 Å². The largest absolute Gasteiger partial charge is 0.328 e. The van der Waals surface area contributed by atoms with E-state index in [1.165, 1.54) is 0 Å². The standard InChI is InChI=1S/C13H15N5/c1-17(13-4-6-16-18(13)2)11-7-10-8-14-5-3-12(10)15-9-11/h4,6-9H,3,5H2,1-2H3. The number of nitrogens with zero attached hydrogens (tertiary/aromatic N) is 5. The molecule has 18 heavy (non-hydrogen) atoms. The van der Waals surface area contributed by atoms with Gasteiger partial charge in [-0.3, -0.25) is 14.7 Å². The van der Waals surface area contributed by atoms with Crippen LogP contribution in [0.1, 0.15) is 11.3 Å².